The molecule has 5 aliphatic rings. The average molecular weight is 1050 g/mol. The van der Waals surface area contributed by atoms with Gasteiger partial charge in [0.15, 0.2) is 0 Å². The Morgan fingerprint density at radius 3 is 1.17 bits per heavy atom. The summed E-state index contributed by atoms with van der Waals surface area (Å²) in [4.78, 5) is 4.73. The van der Waals surface area contributed by atoms with E-state index < -0.39 is 5.41 Å². The minimum atomic E-state index is -0.455. The second kappa shape index (κ2) is 19.4. The van der Waals surface area contributed by atoms with E-state index in [1.54, 1.807) is 5.57 Å². The summed E-state index contributed by atoms with van der Waals surface area (Å²) in [5.41, 5.74) is 30.0. The van der Waals surface area contributed by atoms with Gasteiger partial charge in [0.1, 0.15) is 0 Å². The maximum absolute atomic E-state index is 2.56. The molecule has 11 aromatic carbocycles. The van der Waals surface area contributed by atoms with Crippen molar-refractivity contribution in [3.8, 4) is 44.5 Å². The van der Waals surface area contributed by atoms with Gasteiger partial charge in [-0.15, -0.1) is 0 Å². The molecule has 2 atom stereocenters. The summed E-state index contributed by atoms with van der Waals surface area (Å²) in [6.45, 7) is 0. The Labute approximate surface area is 481 Å². The molecule has 0 fully saturated rings. The smallest absolute Gasteiger partial charge is 0.0713 e. The van der Waals surface area contributed by atoms with Gasteiger partial charge in [-0.3, -0.25) is 0 Å². The first-order chi connectivity index (χ1) is 40.7. The quantitative estimate of drug-likeness (QED) is 0.142. The van der Waals surface area contributed by atoms with Gasteiger partial charge in [0.25, 0.3) is 0 Å². The van der Waals surface area contributed by atoms with Crippen LogP contribution >= 0.6 is 0 Å². The maximum Gasteiger partial charge on any atom is 0.0713 e. The third kappa shape index (κ3) is 7.27. The molecule has 2 nitrogen and oxygen atoms in total. The molecule has 82 heavy (non-hydrogen) atoms. The van der Waals surface area contributed by atoms with E-state index in [1.165, 1.54) is 94.6 Å². The molecule has 2 spiro atoms. The molecule has 0 heterocycles. The van der Waals surface area contributed by atoms with Crippen LogP contribution in [0.2, 0.25) is 0 Å². The standard InChI is InChI=1S/C80H58N2/c1-4-20-55(21-5-1)57-36-43-63(44-37-57)82(64-45-38-58(39-46-64)56-22-6-2-7-23-56)66-51-49-65(50-52-66)81(61-24-8-3-9-25-61)62-47-40-59(41-48-62)60-42-53-70-69-28-12-15-31-73(69)80(78(70)54-60)76-34-18-16-32-74(76)79(75-33-17-19-35-77(75)80)71-29-13-10-26-67(71)68-27-11-14-30-72(68)79/h1-10,12-18,20-26,28-34,36-54H,11,19,27,35H2. The number of rotatable bonds is 9. The fourth-order valence-corrected chi connectivity index (χ4v) is 14.9. The minimum Gasteiger partial charge on any atom is -0.311 e. The summed E-state index contributed by atoms with van der Waals surface area (Å²) in [5.74, 6) is 0. The number of hydrogen-bond acceptors (Lipinski definition) is 2. The number of para-hydroxylation sites is 1. The van der Waals surface area contributed by atoms with Gasteiger partial charge in [-0.25, -0.2) is 0 Å². The van der Waals surface area contributed by atoms with E-state index in [-0.39, 0.29) is 5.41 Å². The summed E-state index contributed by atoms with van der Waals surface area (Å²) in [6.07, 6.45) is 14.1. The summed E-state index contributed by atoms with van der Waals surface area (Å²) in [7, 11) is 0. The van der Waals surface area contributed by atoms with Gasteiger partial charge in [0.05, 0.1) is 10.8 Å². The molecular formula is C80H58N2. The van der Waals surface area contributed by atoms with Crippen LogP contribution in [-0.4, -0.2) is 0 Å². The zero-order valence-electron chi connectivity index (χ0n) is 45.6. The lowest BCUT2D eigenvalue weighted by Crippen LogP contribution is -2.44. The SMILES string of the molecule is C1=CC2=C(CC1)c1ccccc1C21C2=C(CCC=C2)C2(c3ccccc3-c3ccc(-c4ccc(N(c5ccccc5)c5ccc(N(c6ccc(-c7ccccc7)cc6)c6ccc(-c7ccccc7)cc6)cc5)cc4)cc32)c2ccccc21. The lowest BCUT2D eigenvalue weighted by molar-refractivity contribution is 0.587. The average Bonchev–Trinajstić information content (AvgIpc) is 1.68. The topological polar surface area (TPSA) is 6.48 Å². The van der Waals surface area contributed by atoms with Crippen LogP contribution in [0.25, 0.3) is 50.1 Å². The van der Waals surface area contributed by atoms with E-state index in [0.29, 0.717) is 0 Å². The van der Waals surface area contributed by atoms with Crippen molar-refractivity contribution in [2.75, 3.05) is 9.80 Å². The molecule has 0 amide bonds. The number of nitrogens with zero attached hydrogens (tertiary/aromatic N) is 2. The first-order valence-electron chi connectivity index (χ1n) is 29.1. The molecule has 0 bridgehead atoms. The molecular weight excluding hydrogens is 989 g/mol. The van der Waals surface area contributed by atoms with Crippen molar-refractivity contribution < 1.29 is 0 Å². The molecule has 2 heteroatoms. The molecule has 0 N–H and O–H groups in total. The third-order valence-electron chi connectivity index (χ3n) is 18.3. The summed E-state index contributed by atoms with van der Waals surface area (Å²) >= 11 is 0. The van der Waals surface area contributed by atoms with Crippen LogP contribution in [-0.2, 0) is 10.8 Å². The number of hydrogen-bond donors (Lipinski definition) is 0. The predicted molar refractivity (Wildman–Crippen MR) is 342 cm³/mol. The van der Waals surface area contributed by atoms with Crippen LogP contribution in [0.1, 0.15) is 59.1 Å². The Morgan fingerprint density at radius 1 is 0.256 bits per heavy atom. The van der Waals surface area contributed by atoms with Gasteiger partial charge >= 0.3 is 0 Å². The second-order valence-corrected chi connectivity index (χ2v) is 22.5. The molecule has 0 aliphatic heterocycles. The monoisotopic (exact) mass is 1050 g/mol. The van der Waals surface area contributed by atoms with Crippen LogP contribution in [0.5, 0.6) is 0 Å². The zero-order valence-corrected chi connectivity index (χ0v) is 45.6. The highest BCUT2D eigenvalue weighted by Gasteiger charge is 2.60. The molecule has 0 radical (unpaired) electrons. The van der Waals surface area contributed by atoms with Crippen LogP contribution in [0.3, 0.4) is 0 Å². The van der Waals surface area contributed by atoms with E-state index in [4.69, 9.17) is 0 Å². The first kappa shape index (κ1) is 47.9. The Bertz CT molecular complexity index is 4310. The first-order valence-corrected chi connectivity index (χ1v) is 29.1. The van der Waals surface area contributed by atoms with E-state index in [1.807, 2.05) is 0 Å². The number of benzene rings is 11. The van der Waals surface area contributed by atoms with Crippen LogP contribution in [0, 0.1) is 0 Å². The zero-order chi connectivity index (χ0) is 54.2. The summed E-state index contributed by atoms with van der Waals surface area (Å²) in [5, 5.41) is 0. The molecule has 5 aliphatic carbocycles. The Kier molecular flexibility index (Phi) is 11.3. The van der Waals surface area contributed by atoms with Crippen molar-refractivity contribution in [1.82, 2.24) is 0 Å². The van der Waals surface area contributed by atoms with Crippen molar-refractivity contribution in [3.63, 3.8) is 0 Å². The Morgan fingerprint density at radius 2 is 0.622 bits per heavy atom. The number of anilines is 6. The van der Waals surface area contributed by atoms with Gasteiger partial charge < -0.3 is 9.80 Å². The fourth-order valence-electron chi connectivity index (χ4n) is 14.9. The minimum absolute atomic E-state index is 0.378. The highest BCUT2D eigenvalue weighted by Crippen LogP contribution is 2.69. The van der Waals surface area contributed by atoms with Gasteiger partial charge in [0.2, 0.25) is 0 Å². The maximum atomic E-state index is 2.56. The Balaban J connectivity index is 0.787. The number of fused-ring (bicyclic) bond motifs is 14. The van der Waals surface area contributed by atoms with Crippen molar-refractivity contribution in [3.05, 3.63) is 353 Å². The van der Waals surface area contributed by atoms with Gasteiger partial charge in [-0.2, -0.15) is 0 Å². The molecule has 0 aromatic heterocycles. The van der Waals surface area contributed by atoms with Crippen LogP contribution < -0.4 is 9.80 Å². The third-order valence-corrected chi connectivity index (χ3v) is 18.3. The molecule has 0 saturated heterocycles. The van der Waals surface area contributed by atoms with Crippen molar-refractivity contribution in [2.24, 2.45) is 0 Å². The van der Waals surface area contributed by atoms with E-state index in [9.17, 15) is 0 Å². The summed E-state index contributed by atoms with van der Waals surface area (Å²) in [6, 6.07) is 104. The van der Waals surface area contributed by atoms with Crippen molar-refractivity contribution in [2.45, 2.75) is 36.5 Å². The van der Waals surface area contributed by atoms with E-state index in [2.05, 4.69) is 313 Å². The van der Waals surface area contributed by atoms with E-state index >= 15 is 0 Å². The number of allylic oxidation sites excluding steroid dienone is 8. The van der Waals surface area contributed by atoms with Gasteiger partial charge in [-0.05, 0) is 205 Å². The van der Waals surface area contributed by atoms with Gasteiger partial charge in [0, 0.05) is 34.1 Å². The molecule has 16 rings (SSSR count). The molecule has 388 valence electrons. The van der Waals surface area contributed by atoms with Gasteiger partial charge in [-0.1, -0.05) is 224 Å². The van der Waals surface area contributed by atoms with Crippen molar-refractivity contribution >= 4 is 39.7 Å². The normalized spacial score (nSPS) is 17.7. The van der Waals surface area contributed by atoms with Crippen molar-refractivity contribution in [1.29, 1.82) is 0 Å². The van der Waals surface area contributed by atoms with E-state index in [0.717, 1.165) is 59.8 Å². The van der Waals surface area contributed by atoms with Crippen LogP contribution in [0.4, 0.5) is 34.1 Å². The largest absolute Gasteiger partial charge is 0.311 e. The predicted octanol–water partition coefficient (Wildman–Crippen LogP) is 21.0. The lowest BCUT2D eigenvalue weighted by atomic mass is 9.50. The Hall–Kier alpha value is -10.0. The highest BCUT2D eigenvalue weighted by molar-refractivity contribution is 5.95. The second-order valence-electron chi connectivity index (χ2n) is 22.5. The fraction of sp³-hybridized carbons (Fsp3) is 0.0750. The highest BCUT2D eigenvalue weighted by atomic mass is 15.2. The molecule has 0 saturated carbocycles. The molecule has 2 unspecified atom stereocenters. The molecule has 11 aromatic rings. The summed E-state index contributed by atoms with van der Waals surface area (Å²) < 4.78 is 0. The van der Waals surface area contributed by atoms with Crippen LogP contribution in [0.15, 0.2) is 320 Å². The lowest BCUT2D eigenvalue weighted by Gasteiger charge is -2.51.